The number of hydrogen-bond acceptors (Lipinski definition) is 2. The van der Waals surface area contributed by atoms with E-state index in [-0.39, 0.29) is 5.41 Å². The summed E-state index contributed by atoms with van der Waals surface area (Å²) in [4.78, 5) is 0. The third kappa shape index (κ3) is 4.47. The van der Waals surface area contributed by atoms with Gasteiger partial charge in [-0.2, -0.15) is 5.10 Å². The van der Waals surface area contributed by atoms with Crippen molar-refractivity contribution in [3.8, 4) is 0 Å². The minimum atomic E-state index is 0.200. The van der Waals surface area contributed by atoms with Crippen molar-refractivity contribution in [2.75, 3.05) is 5.88 Å². The summed E-state index contributed by atoms with van der Waals surface area (Å²) in [5.74, 6) is 0.684. The summed E-state index contributed by atoms with van der Waals surface area (Å²) >= 11 is 9.63. The zero-order valence-electron chi connectivity index (χ0n) is 13.3. The number of nitrogens with zero attached hydrogens (tertiary/aromatic N) is 2. The van der Waals surface area contributed by atoms with Gasteiger partial charge in [0.2, 0.25) is 0 Å². The number of aryl methyl sites for hydroxylation is 2. The molecule has 116 valence electrons. The zero-order valence-corrected chi connectivity index (χ0v) is 15.6. The second-order valence-corrected chi connectivity index (χ2v) is 7.32. The van der Waals surface area contributed by atoms with E-state index in [0.717, 1.165) is 36.1 Å². The van der Waals surface area contributed by atoms with Gasteiger partial charge in [0.15, 0.2) is 0 Å². The molecule has 0 saturated carbocycles. The van der Waals surface area contributed by atoms with E-state index in [1.165, 1.54) is 5.69 Å². The molecule has 0 spiro atoms. The van der Waals surface area contributed by atoms with Crippen LogP contribution in [0.1, 0.15) is 52.4 Å². The minimum Gasteiger partial charge on any atom is -0.308 e. The molecule has 1 heterocycles. The van der Waals surface area contributed by atoms with Gasteiger partial charge in [0.25, 0.3) is 0 Å². The van der Waals surface area contributed by atoms with Crippen LogP contribution in [0.3, 0.4) is 0 Å². The molecule has 0 saturated heterocycles. The summed E-state index contributed by atoms with van der Waals surface area (Å²) in [5, 5.41) is 8.29. The fourth-order valence-electron chi connectivity index (χ4n) is 2.36. The zero-order chi connectivity index (χ0) is 15.3. The molecule has 5 heteroatoms. The molecule has 1 atom stereocenters. The number of halogens is 2. The van der Waals surface area contributed by atoms with E-state index in [9.17, 15) is 0 Å². The van der Waals surface area contributed by atoms with Gasteiger partial charge in [0, 0.05) is 25.0 Å². The molecule has 0 aliphatic rings. The Balaban J connectivity index is 2.85. The molecule has 0 aromatic carbocycles. The standard InChI is InChI=1S/C15H27BrClN3/c1-6-11-14(16)12(20(7-2)19-11)10-18-13(8-9-17)15(3,4)5/h13,18H,6-10H2,1-5H3. The molecule has 1 aromatic heterocycles. The van der Waals surface area contributed by atoms with Crippen molar-refractivity contribution >= 4 is 27.5 Å². The van der Waals surface area contributed by atoms with E-state index >= 15 is 0 Å². The summed E-state index contributed by atoms with van der Waals surface area (Å²) < 4.78 is 3.23. The third-order valence-corrected chi connectivity index (χ3v) is 4.79. The number of rotatable bonds is 7. The Hall–Kier alpha value is -0.0600. The van der Waals surface area contributed by atoms with Crippen LogP contribution in [-0.4, -0.2) is 21.7 Å². The van der Waals surface area contributed by atoms with Crippen molar-refractivity contribution in [3.05, 3.63) is 15.9 Å². The monoisotopic (exact) mass is 363 g/mol. The molecule has 0 aliphatic heterocycles. The van der Waals surface area contributed by atoms with Gasteiger partial charge < -0.3 is 5.32 Å². The van der Waals surface area contributed by atoms with Crippen LogP contribution in [0, 0.1) is 5.41 Å². The Morgan fingerprint density at radius 3 is 2.45 bits per heavy atom. The molecule has 20 heavy (non-hydrogen) atoms. The minimum absolute atomic E-state index is 0.200. The first-order valence-electron chi connectivity index (χ1n) is 7.38. The lowest BCUT2D eigenvalue weighted by Gasteiger charge is -2.31. The van der Waals surface area contributed by atoms with Crippen LogP contribution in [-0.2, 0) is 19.5 Å². The van der Waals surface area contributed by atoms with Crippen molar-refractivity contribution in [2.24, 2.45) is 5.41 Å². The lowest BCUT2D eigenvalue weighted by atomic mass is 9.85. The van der Waals surface area contributed by atoms with Crippen LogP contribution in [0.15, 0.2) is 4.47 Å². The molecule has 0 bridgehead atoms. The molecule has 3 nitrogen and oxygen atoms in total. The average molecular weight is 365 g/mol. The van der Waals surface area contributed by atoms with Crippen LogP contribution >= 0.6 is 27.5 Å². The summed E-state index contributed by atoms with van der Waals surface area (Å²) in [7, 11) is 0. The first-order chi connectivity index (χ1) is 9.35. The summed E-state index contributed by atoms with van der Waals surface area (Å²) in [5.41, 5.74) is 2.56. The topological polar surface area (TPSA) is 29.9 Å². The maximum absolute atomic E-state index is 5.93. The van der Waals surface area contributed by atoms with Gasteiger partial charge in [-0.15, -0.1) is 11.6 Å². The van der Waals surface area contributed by atoms with E-state index in [4.69, 9.17) is 11.6 Å². The maximum atomic E-state index is 5.93. The molecule has 0 fully saturated rings. The van der Waals surface area contributed by atoms with Gasteiger partial charge in [-0.3, -0.25) is 4.68 Å². The Morgan fingerprint density at radius 2 is 2.00 bits per heavy atom. The number of nitrogens with one attached hydrogen (secondary N) is 1. The first kappa shape index (κ1) is 18.0. The molecule has 0 aliphatic carbocycles. The average Bonchev–Trinajstić information content (AvgIpc) is 2.69. The Bertz CT molecular complexity index is 423. The van der Waals surface area contributed by atoms with Gasteiger partial charge in [-0.1, -0.05) is 27.7 Å². The van der Waals surface area contributed by atoms with Crippen LogP contribution in [0.5, 0.6) is 0 Å². The van der Waals surface area contributed by atoms with Crippen molar-refractivity contribution < 1.29 is 0 Å². The predicted octanol–water partition coefficient (Wildman–Crippen LogP) is 4.36. The van der Waals surface area contributed by atoms with Crippen LogP contribution in [0.4, 0.5) is 0 Å². The molecular weight excluding hydrogens is 338 g/mol. The summed E-state index contributed by atoms with van der Waals surface area (Å²) in [6.07, 6.45) is 1.93. The van der Waals surface area contributed by atoms with Crippen molar-refractivity contribution in [2.45, 2.75) is 66.6 Å². The molecule has 1 aromatic rings. The number of hydrogen-bond donors (Lipinski definition) is 1. The van der Waals surface area contributed by atoms with Crippen molar-refractivity contribution in [3.63, 3.8) is 0 Å². The lowest BCUT2D eigenvalue weighted by Crippen LogP contribution is -2.40. The smallest absolute Gasteiger partial charge is 0.0767 e. The summed E-state index contributed by atoms with van der Waals surface area (Å²) in [6, 6.07) is 0.400. The number of aromatic nitrogens is 2. The van der Waals surface area contributed by atoms with E-state index in [1.807, 2.05) is 0 Å². The molecule has 1 N–H and O–H groups in total. The first-order valence-corrected chi connectivity index (χ1v) is 8.71. The van der Waals surface area contributed by atoms with Crippen LogP contribution < -0.4 is 5.32 Å². The van der Waals surface area contributed by atoms with Gasteiger partial charge in [-0.05, 0) is 41.1 Å². The molecular formula is C15H27BrClN3. The predicted molar refractivity (Wildman–Crippen MR) is 90.4 cm³/mol. The second-order valence-electron chi connectivity index (χ2n) is 6.15. The van der Waals surface area contributed by atoms with E-state index in [0.29, 0.717) is 11.9 Å². The Morgan fingerprint density at radius 1 is 1.35 bits per heavy atom. The van der Waals surface area contributed by atoms with Gasteiger partial charge in [0.1, 0.15) is 0 Å². The number of alkyl halides is 1. The van der Waals surface area contributed by atoms with Gasteiger partial charge in [-0.25, -0.2) is 0 Å². The van der Waals surface area contributed by atoms with Gasteiger partial charge >= 0.3 is 0 Å². The second kappa shape index (κ2) is 7.81. The van der Waals surface area contributed by atoms with E-state index < -0.39 is 0 Å². The highest BCUT2D eigenvalue weighted by atomic mass is 79.9. The Kier molecular flexibility index (Phi) is 7.02. The fourth-order valence-corrected chi connectivity index (χ4v) is 3.28. The third-order valence-electron chi connectivity index (χ3n) is 3.65. The molecule has 1 rings (SSSR count). The van der Waals surface area contributed by atoms with Crippen molar-refractivity contribution in [1.29, 1.82) is 0 Å². The highest BCUT2D eigenvalue weighted by Crippen LogP contribution is 2.25. The lowest BCUT2D eigenvalue weighted by molar-refractivity contribution is 0.258. The molecule has 0 radical (unpaired) electrons. The molecule has 0 amide bonds. The van der Waals surface area contributed by atoms with Gasteiger partial charge in [0.05, 0.1) is 15.9 Å². The SMILES string of the molecule is CCc1nn(CC)c(CNC(CCCl)C(C)(C)C)c1Br. The highest BCUT2D eigenvalue weighted by Gasteiger charge is 2.24. The fraction of sp³-hybridized carbons (Fsp3) is 0.800. The highest BCUT2D eigenvalue weighted by molar-refractivity contribution is 9.10. The quantitative estimate of drug-likeness (QED) is 0.728. The largest absolute Gasteiger partial charge is 0.308 e. The van der Waals surface area contributed by atoms with E-state index in [1.54, 1.807) is 0 Å². The summed E-state index contributed by atoms with van der Waals surface area (Å²) in [6.45, 7) is 12.7. The van der Waals surface area contributed by atoms with Crippen LogP contribution in [0.25, 0.3) is 0 Å². The maximum Gasteiger partial charge on any atom is 0.0767 e. The van der Waals surface area contributed by atoms with Crippen molar-refractivity contribution in [1.82, 2.24) is 15.1 Å². The Labute approximate surface area is 136 Å². The normalized spacial score (nSPS) is 13.8. The molecule has 1 unspecified atom stereocenters. The van der Waals surface area contributed by atoms with Crippen LogP contribution in [0.2, 0.25) is 0 Å². The van der Waals surface area contributed by atoms with E-state index in [2.05, 4.69) is 65.6 Å².